The van der Waals surface area contributed by atoms with Crippen LogP contribution < -0.4 is 10.1 Å². The normalized spacial score (nSPS) is 10.9. The minimum absolute atomic E-state index is 0.0699. The summed E-state index contributed by atoms with van der Waals surface area (Å²) in [6.07, 6.45) is 2.24. The van der Waals surface area contributed by atoms with Crippen molar-refractivity contribution in [2.24, 2.45) is 0 Å². The number of hydrogen-bond acceptors (Lipinski definition) is 7. The SMILES string of the molecule is CCCCNc1nnc(SCC(=O)N(C)Cc2ccc3cc(OC)ccc3c2)s1. The number of thioether (sulfide) groups is 1. The van der Waals surface area contributed by atoms with Crippen LogP contribution in [0.5, 0.6) is 5.75 Å². The third kappa shape index (κ3) is 6.08. The molecule has 0 saturated heterocycles. The van der Waals surface area contributed by atoms with Gasteiger partial charge in [0.1, 0.15) is 5.75 Å². The molecule has 2 aromatic carbocycles. The van der Waals surface area contributed by atoms with Gasteiger partial charge in [-0.15, -0.1) is 10.2 Å². The molecule has 0 fully saturated rings. The molecule has 29 heavy (non-hydrogen) atoms. The van der Waals surface area contributed by atoms with Gasteiger partial charge in [-0.3, -0.25) is 4.79 Å². The molecule has 0 unspecified atom stereocenters. The number of amides is 1. The Bertz CT molecular complexity index is 961. The average Bonchev–Trinajstić information content (AvgIpc) is 3.19. The highest BCUT2D eigenvalue weighted by molar-refractivity contribution is 8.01. The number of aromatic nitrogens is 2. The molecular formula is C21H26N4O2S2. The van der Waals surface area contributed by atoms with Gasteiger partial charge in [-0.2, -0.15) is 0 Å². The van der Waals surface area contributed by atoms with Crippen LogP contribution in [0.4, 0.5) is 5.13 Å². The highest BCUT2D eigenvalue weighted by Gasteiger charge is 2.13. The van der Waals surface area contributed by atoms with Crippen LogP contribution in [0, 0.1) is 0 Å². The molecule has 3 rings (SSSR count). The van der Waals surface area contributed by atoms with Crippen molar-refractivity contribution in [2.45, 2.75) is 30.6 Å². The fourth-order valence-corrected chi connectivity index (χ4v) is 4.52. The van der Waals surface area contributed by atoms with Gasteiger partial charge in [0.05, 0.1) is 12.9 Å². The van der Waals surface area contributed by atoms with E-state index in [9.17, 15) is 4.79 Å². The summed E-state index contributed by atoms with van der Waals surface area (Å²) in [4.78, 5) is 14.3. The molecule has 0 aliphatic heterocycles. The van der Waals surface area contributed by atoms with Crippen LogP contribution in [0.1, 0.15) is 25.3 Å². The third-order valence-corrected chi connectivity index (χ3v) is 6.49. The Labute approximate surface area is 179 Å². The molecule has 0 radical (unpaired) electrons. The van der Waals surface area contributed by atoms with Gasteiger partial charge in [0.2, 0.25) is 11.0 Å². The molecule has 154 valence electrons. The number of fused-ring (bicyclic) bond motifs is 1. The first kappa shape index (κ1) is 21.4. The molecule has 1 amide bonds. The Morgan fingerprint density at radius 3 is 2.79 bits per heavy atom. The predicted molar refractivity (Wildman–Crippen MR) is 121 cm³/mol. The van der Waals surface area contributed by atoms with Gasteiger partial charge in [-0.25, -0.2) is 0 Å². The van der Waals surface area contributed by atoms with Crippen molar-refractivity contribution in [1.82, 2.24) is 15.1 Å². The molecule has 1 heterocycles. The third-order valence-electron chi connectivity index (χ3n) is 4.49. The summed E-state index contributed by atoms with van der Waals surface area (Å²) in [5, 5.41) is 14.6. The summed E-state index contributed by atoms with van der Waals surface area (Å²) in [5.41, 5.74) is 1.10. The van der Waals surface area contributed by atoms with Crippen molar-refractivity contribution in [3.63, 3.8) is 0 Å². The minimum atomic E-state index is 0.0699. The van der Waals surface area contributed by atoms with Crippen LogP contribution >= 0.6 is 23.1 Å². The Balaban J connectivity index is 1.52. The quantitative estimate of drug-likeness (QED) is 0.373. The molecule has 6 nitrogen and oxygen atoms in total. The van der Waals surface area contributed by atoms with Gasteiger partial charge in [0.15, 0.2) is 4.34 Å². The van der Waals surface area contributed by atoms with E-state index in [4.69, 9.17) is 4.74 Å². The minimum Gasteiger partial charge on any atom is -0.497 e. The summed E-state index contributed by atoms with van der Waals surface area (Å²) < 4.78 is 6.08. The number of anilines is 1. The lowest BCUT2D eigenvalue weighted by atomic mass is 10.1. The predicted octanol–water partition coefficient (Wildman–Crippen LogP) is 4.66. The van der Waals surface area contributed by atoms with Crippen LogP contribution in [-0.2, 0) is 11.3 Å². The summed E-state index contributed by atoms with van der Waals surface area (Å²) in [6, 6.07) is 12.2. The van der Waals surface area contributed by atoms with Crippen LogP contribution in [-0.4, -0.2) is 47.5 Å². The lowest BCUT2D eigenvalue weighted by Crippen LogP contribution is -2.27. The molecule has 8 heteroatoms. The number of rotatable bonds is 10. The zero-order chi connectivity index (χ0) is 20.6. The van der Waals surface area contributed by atoms with Crippen molar-refractivity contribution in [2.75, 3.05) is 31.8 Å². The van der Waals surface area contributed by atoms with Crippen LogP contribution in [0.3, 0.4) is 0 Å². The van der Waals surface area contributed by atoms with E-state index in [1.165, 1.54) is 23.1 Å². The maximum atomic E-state index is 12.5. The standard InChI is InChI=1S/C21H26N4O2S2/c1-4-5-10-22-20-23-24-21(29-20)28-14-19(26)25(2)13-15-6-7-17-12-18(27-3)9-8-16(17)11-15/h6-9,11-12H,4-5,10,13-14H2,1-3H3,(H,22,23). The first-order valence-electron chi connectivity index (χ1n) is 9.60. The van der Waals surface area contributed by atoms with Crippen molar-refractivity contribution in [3.05, 3.63) is 42.0 Å². The molecule has 1 N–H and O–H groups in total. The second kappa shape index (κ2) is 10.5. The second-order valence-electron chi connectivity index (χ2n) is 6.74. The molecule has 1 aromatic heterocycles. The molecule has 0 atom stereocenters. The fraction of sp³-hybridized carbons (Fsp3) is 0.381. The Kier molecular flexibility index (Phi) is 7.71. The number of unbranched alkanes of at least 4 members (excludes halogenated alkanes) is 1. The van der Waals surface area contributed by atoms with Gasteiger partial charge >= 0.3 is 0 Å². The Morgan fingerprint density at radius 1 is 1.21 bits per heavy atom. The zero-order valence-electron chi connectivity index (χ0n) is 17.0. The van der Waals surface area contributed by atoms with E-state index in [-0.39, 0.29) is 5.91 Å². The van der Waals surface area contributed by atoms with E-state index in [1.807, 2.05) is 25.2 Å². The molecule has 0 aliphatic rings. The highest BCUT2D eigenvalue weighted by Crippen LogP contribution is 2.26. The van der Waals surface area contributed by atoms with Crippen molar-refractivity contribution in [1.29, 1.82) is 0 Å². The summed E-state index contributed by atoms with van der Waals surface area (Å²) >= 11 is 2.93. The van der Waals surface area contributed by atoms with Crippen LogP contribution in [0.2, 0.25) is 0 Å². The van der Waals surface area contributed by atoms with E-state index in [0.717, 1.165) is 50.9 Å². The van der Waals surface area contributed by atoms with Crippen LogP contribution in [0.15, 0.2) is 40.7 Å². The largest absolute Gasteiger partial charge is 0.497 e. The van der Waals surface area contributed by atoms with Crippen molar-refractivity contribution < 1.29 is 9.53 Å². The average molecular weight is 431 g/mol. The van der Waals surface area contributed by atoms with E-state index in [1.54, 1.807) is 12.0 Å². The second-order valence-corrected chi connectivity index (χ2v) is 8.94. The monoisotopic (exact) mass is 430 g/mol. The van der Waals surface area contributed by atoms with E-state index < -0.39 is 0 Å². The number of nitrogens with zero attached hydrogens (tertiary/aromatic N) is 3. The molecule has 0 spiro atoms. The molecule has 0 bridgehead atoms. The Hall–Kier alpha value is -2.32. The van der Waals surface area contributed by atoms with Gasteiger partial charge < -0.3 is 15.0 Å². The fourth-order valence-electron chi connectivity index (χ4n) is 2.81. The van der Waals surface area contributed by atoms with Gasteiger partial charge in [0, 0.05) is 20.1 Å². The maximum Gasteiger partial charge on any atom is 0.233 e. The van der Waals surface area contributed by atoms with E-state index in [0.29, 0.717) is 12.3 Å². The van der Waals surface area contributed by atoms with Gasteiger partial charge in [-0.05, 0) is 41.0 Å². The lowest BCUT2D eigenvalue weighted by Gasteiger charge is -2.17. The Morgan fingerprint density at radius 2 is 2.00 bits per heavy atom. The number of methoxy groups -OCH3 is 1. The summed E-state index contributed by atoms with van der Waals surface area (Å²) in [7, 11) is 3.50. The number of nitrogens with one attached hydrogen (secondary N) is 1. The number of carbonyl (C=O) groups excluding carboxylic acids is 1. The summed E-state index contributed by atoms with van der Waals surface area (Å²) in [5.74, 6) is 1.26. The van der Waals surface area contributed by atoms with E-state index >= 15 is 0 Å². The van der Waals surface area contributed by atoms with Crippen molar-refractivity contribution >= 4 is 44.9 Å². The summed E-state index contributed by atoms with van der Waals surface area (Å²) in [6.45, 7) is 3.62. The van der Waals surface area contributed by atoms with Crippen molar-refractivity contribution in [3.8, 4) is 5.75 Å². The topological polar surface area (TPSA) is 67.4 Å². The molecular weight excluding hydrogens is 404 g/mol. The number of ether oxygens (including phenoxy) is 1. The smallest absolute Gasteiger partial charge is 0.233 e. The zero-order valence-corrected chi connectivity index (χ0v) is 18.6. The number of carbonyl (C=O) groups is 1. The maximum absolute atomic E-state index is 12.5. The number of benzene rings is 2. The van der Waals surface area contributed by atoms with Crippen LogP contribution in [0.25, 0.3) is 10.8 Å². The first-order chi connectivity index (χ1) is 14.1. The molecule has 0 aliphatic carbocycles. The number of hydrogen-bond donors (Lipinski definition) is 1. The lowest BCUT2D eigenvalue weighted by molar-refractivity contribution is -0.127. The van der Waals surface area contributed by atoms with Gasteiger partial charge in [0.25, 0.3) is 0 Å². The molecule has 0 saturated carbocycles. The van der Waals surface area contributed by atoms with E-state index in [2.05, 4.69) is 40.6 Å². The molecule has 3 aromatic rings. The van der Waals surface area contributed by atoms with Gasteiger partial charge in [-0.1, -0.05) is 54.6 Å². The highest BCUT2D eigenvalue weighted by atomic mass is 32.2. The first-order valence-corrected chi connectivity index (χ1v) is 11.4.